The van der Waals surface area contributed by atoms with E-state index in [0.29, 0.717) is 6.54 Å². The van der Waals surface area contributed by atoms with E-state index in [2.05, 4.69) is 0 Å². The number of nitrogens with zero attached hydrogens (tertiary/aromatic N) is 1. The maximum atomic E-state index is 11.6. The molecule has 0 spiro atoms. The molecule has 15 heavy (non-hydrogen) atoms. The molecular weight excluding hydrogens is 216 g/mol. The van der Waals surface area contributed by atoms with Gasteiger partial charge in [0.25, 0.3) is 0 Å². The lowest BCUT2D eigenvalue weighted by Crippen LogP contribution is -2.42. The first-order valence-corrected chi connectivity index (χ1v) is 6.62. The van der Waals surface area contributed by atoms with Crippen LogP contribution in [0.5, 0.6) is 0 Å². The number of amides is 1. The zero-order valence-corrected chi connectivity index (χ0v) is 10.2. The summed E-state index contributed by atoms with van der Waals surface area (Å²) in [5, 5.41) is 4.96. The van der Waals surface area contributed by atoms with E-state index < -0.39 is 10.0 Å². The van der Waals surface area contributed by atoms with Crippen LogP contribution in [0.3, 0.4) is 0 Å². The fourth-order valence-electron chi connectivity index (χ4n) is 1.87. The van der Waals surface area contributed by atoms with Crippen molar-refractivity contribution in [1.82, 2.24) is 4.90 Å². The van der Waals surface area contributed by atoms with E-state index in [9.17, 15) is 13.2 Å². The number of carbonyl (C=O) groups excluding carboxylic acids is 1. The summed E-state index contributed by atoms with van der Waals surface area (Å²) in [5.74, 6) is -0.256. The molecule has 1 atom stereocenters. The second-order valence-electron chi connectivity index (χ2n) is 5.07. The second-order valence-corrected chi connectivity index (χ2v) is 6.73. The number of hydrogen-bond acceptors (Lipinski definition) is 3. The average Bonchev–Trinajstić information content (AvgIpc) is 2.25. The van der Waals surface area contributed by atoms with Crippen LogP contribution in [0.4, 0.5) is 0 Å². The molecule has 0 aromatic heterocycles. The van der Waals surface area contributed by atoms with Crippen LogP contribution in [0, 0.1) is 5.92 Å². The molecule has 0 aliphatic carbocycles. The summed E-state index contributed by atoms with van der Waals surface area (Å²) < 4.78 is 21.8. The molecule has 1 rings (SSSR count). The number of rotatable bonds is 2. The number of carbonyl (C=O) groups is 1. The Morgan fingerprint density at radius 2 is 2.00 bits per heavy atom. The maximum absolute atomic E-state index is 11.6. The van der Waals surface area contributed by atoms with Gasteiger partial charge in [0.1, 0.15) is 0 Å². The molecule has 1 amide bonds. The highest BCUT2D eigenvalue weighted by atomic mass is 32.2. The molecule has 0 radical (unpaired) electrons. The molecule has 5 nitrogen and oxygen atoms in total. The van der Waals surface area contributed by atoms with Crippen LogP contribution in [0.1, 0.15) is 27.2 Å². The summed E-state index contributed by atoms with van der Waals surface area (Å²) >= 11 is 0. The van der Waals surface area contributed by atoms with Gasteiger partial charge in [0.15, 0.2) is 0 Å². The lowest BCUT2D eigenvalue weighted by Gasteiger charge is -2.32. The highest BCUT2D eigenvalue weighted by Crippen LogP contribution is 2.26. The zero-order chi connectivity index (χ0) is 11.9. The maximum Gasteiger partial charge on any atom is 0.223 e. The fraction of sp³-hybridized carbons (Fsp3) is 0.889. The molecule has 1 fully saturated rings. The molecule has 2 N–H and O–H groups in total. The van der Waals surface area contributed by atoms with E-state index in [1.807, 2.05) is 20.8 Å². The van der Waals surface area contributed by atoms with Gasteiger partial charge < -0.3 is 4.90 Å². The lowest BCUT2D eigenvalue weighted by molar-refractivity contribution is -0.131. The Labute approximate surface area is 90.7 Å². The Morgan fingerprint density at radius 3 is 2.33 bits per heavy atom. The Kier molecular flexibility index (Phi) is 3.11. The highest BCUT2D eigenvalue weighted by Gasteiger charge is 2.37. The van der Waals surface area contributed by atoms with Crippen molar-refractivity contribution in [3.05, 3.63) is 0 Å². The largest absolute Gasteiger partial charge is 0.338 e. The molecule has 0 aromatic carbocycles. The predicted molar refractivity (Wildman–Crippen MR) is 57.5 cm³/mol. The minimum Gasteiger partial charge on any atom is -0.338 e. The van der Waals surface area contributed by atoms with Gasteiger partial charge in [0.05, 0.1) is 5.75 Å². The van der Waals surface area contributed by atoms with Crippen LogP contribution in [0.2, 0.25) is 0 Å². The molecule has 1 saturated heterocycles. The van der Waals surface area contributed by atoms with Gasteiger partial charge in [-0.25, -0.2) is 13.6 Å². The first-order chi connectivity index (χ1) is 6.59. The van der Waals surface area contributed by atoms with E-state index in [1.165, 1.54) is 0 Å². The number of likely N-dealkylation sites (tertiary alicyclic amines) is 1. The van der Waals surface area contributed by atoms with E-state index in [0.717, 1.165) is 0 Å². The van der Waals surface area contributed by atoms with Crippen LogP contribution < -0.4 is 5.14 Å². The van der Waals surface area contributed by atoms with Gasteiger partial charge >= 0.3 is 0 Å². The van der Waals surface area contributed by atoms with Crippen molar-refractivity contribution in [1.29, 1.82) is 0 Å². The van der Waals surface area contributed by atoms with Crippen molar-refractivity contribution in [3.8, 4) is 0 Å². The Hall–Kier alpha value is -0.620. The number of primary sulfonamides is 1. The van der Waals surface area contributed by atoms with Crippen LogP contribution in [0.15, 0.2) is 0 Å². The Morgan fingerprint density at radius 1 is 1.47 bits per heavy atom. The number of hydrogen-bond donors (Lipinski definition) is 1. The molecule has 1 aliphatic rings. The molecule has 0 saturated carbocycles. The third-order valence-electron chi connectivity index (χ3n) is 2.48. The monoisotopic (exact) mass is 234 g/mol. The Bertz CT molecular complexity index is 356. The van der Waals surface area contributed by atoms with Crippen molar-refractivity contribution in [2.45, 2.75) is 32.7 Å². The molecule has 1 unspecified atom stereocenters. The first-order valence-electron chi connectivity index (χ1n) is 4.90. The zero-order valence-electron chi connectivity index (χ0n) is 9.36. The minimum absolute atomic E-state index is 0.0103. The molecule has 0 aromatic rings. The minimum atomic E-state index is -3.48. The fourth-order valence-corrected chi connectivity index (χ4v) is 2.75. The van der Waals surface area contributed by atoms with E-state index in [4.69, 9.17) is 5.14 Å². The van der Waals surface area contributed by atoms with Gasteiger partial charge in [-0.1, -0.05) is 0 Å². The standard InChI is InChI=1S/C9H18N2O3S/c1-9(2,3)11-5-7(4-8(11)12)6-15(10,13)14/h7H,4-6H2,1-3H3,(H2,10,13,14). The van der Waals surface area contributed by atoms with Gasteiger partial charge in [-0.15, -0.1) is 0 Å². The Balaban J connectivity index is 2.69. The molecule has 0 bridgehead atoms. The molecular formula is C9H18N2O3S. The summed E-state index contributed by atoms with van der Waals surface area (Å²) in [6, 6.07) is 0. The SMILES string of the molecule is CC(C)(C)N1CC(CS(N)(=O)=O)CC1=O. The normalized spacial score (nSPS) is 23.6. The summed E-state index contributed by atoms with van der Waals surface area (Å²) in [6.07, 6.45) is 0.285. The van der Waals surface area contributed by atoms with E-state index in [1.54, 1.807) is 4.90 Å². The summed E-state index contributed by atoms with van der Waals surface area (Å²) in [5.41, 5.74) is -0.246. The lowest BCUT2D eigenvalue weighted by atomic mass is 10.1. The van der Waals surface area contributed by atoms with E-state index >= 15 is 0 Å². The molecule has 1 aliphatic heterocycles. The van der Waals surface area contributed by atoms with E-state index in [-0.39, 0.29) is 29.5 Å². The van der Waals surface area contributed by atoms with Crippen molar-refractivity contribution < 1.29 is 13.2 Å². The highest BCUT2D eigenvalue weighted by molar-refractivity contribution is 7.89. The number of nitrogens with two attached hydrogens (primary N) is 1. The number of sulfonamides is 1. The van der Waals surface area contributed by atoms with Gasteiger partial charge in [-0.2, -0.15) is 0 Å². The van der Waals surface area contributed by atoms with Crippen LogP contribution in [-0.4, -0.2) is 37.1 Å². The first kappa shape index (κ1) is 12.4. The van der Waals surface area contributed by atoms with Crippen molar-refractivity contribution >= 4 is 15.9 Å². The predicted octanol–water partition coefficient (Wildman–Crippen LogP) is -0.0781. The van der Waals surface area contributed by atoms with Crippen molar-refractivity contribution in [2.75, 3.05) is 12.3 Å². The van der Waals surface area contributed by atoms with Crippen LogP contribution in [-0.2, 0) is 14.8 Å². The molecule has 6 heteroatoms. The van der Waals surface area contributed by atoms with Gasteiger partial charge in [-0.3, -0.25) is 4.79 Å². The quantitative estimate of drug-likeness (QED) is 0.725. The molecule has 88 valence electrons. The van der Waals surface area contributed by atoms with Gasteiger partial charge in [-0.05, 0) is 20.8 Å². The smallest absolute Gasteiger partial charge is 0.223 e. The third-order valence-corrected chi connectivity index (χ3v) is 3.42. The van der Waals surface area contributed by atoms with Gasteiger partial charge in [0.2, 0.25) is 15.9 Å². The summed E-state index contributed by atoms with van der Waals surface area (Å²) in [6.45, 7) is 6.29. The van der Waals surface area contributed by atoms with Gasteiger partial charge in [0, 0.05) is 24.4 Å². The second kappa shape index (κ2) is 3.75. The van der Waals surface area contributed by atoms with Crippen LogP contribution >= 0.6 is 0 Å². The van der Waals surface area contributed by atoms with Crippen molar-refractivity contribution in [2.24, 2.45) is 11.1 Å². The van der Waals surface area contributed by atoms with Crippen molar-refractivity contribution in [3.63, 3.8) is 0 Å². The topological polar surface area (TPSA) is 80.5 Å². The molecule has 1 heterocycles. The summed E-state index contributed by atoms with van der Waals surface area (Å²) in [4.78, 5) is 13.3. The average molecular weight is 234 g/mol. The third kappa shape index (κ3) is 3.46. The van der Waals surface area contributed by atoms with Crippen LogP contribution in [0.25, 0.3) is 0 Å². The summed E-state index contributed by atoms with van der Waals surface area (Å²) in [7, 11) is -3.48.